The van der Waals surface area contributed by atoms with E-state index in [0.717, 1.165) is 27.8 Å². The van der Waals surface area contributed by atoms with Crippen LogP contribution in [0.5, 0.6) is 11.5 Å². The van der Waals surface area contributed by atoms with E-state index in [1.807, 2.05) is 6.07 Å². The van der Waals surface area contributed by atoms with Gasteiger partial charge in [-0.15, -0.1) is 8.78 Å². The van der Waals surface area contributed by atoms with Crippen LogP contribution in [0.4, 0.5) is 8.78 Å². The fourth-order valence-electron chi connectivity index (χ4n) is 2.73. The second kappa shape index (κ2) is 5.05. The molecule has 0 fully saturated rings. The maximum atomic E-state index is 13.3. The summed E-state index contributed by atoms with van der Waals surface area (Å²) in [6.07, 6.45) is -3.55. The van der Waals surface area contributed by atoms with Crippen LogP contribution >= 0.6 is 15.9 Å². The molecule has 0 atom stereocenters. The predicted molar refractivity (Wildman–Crippen MR) is 77.2 cm³/mol. The van der Waals surface area contributed by atoms with Crippen LogP contribution in [0, 0.1) is 0 Å². The maximum Gasteiger partial charge on any atom is 0.586 e. The molecule has 0 bridgehead atoms. The number of hydrogen-bond donors (Lipinski definition) is 0. The lowest BCUT2D eigenvalue weighted by Crippen LogP contribution is -2.46. The fraction of sp³-hybridized carbons (Fsp3) is 0.538. The number of fused-ring (bicyclic) bond motifs is 1. The molecule has 0 spiro atoms. The minimum absolute atomic E-state index is 0.140. The van der Waals surface area contributed by atoms with Crippen LogP contribution in [0.3, 0.4) is 0 Å². The molecular formula is C13H17BrF2O2Si. The van der Waals surface area contributed by atoms with Gasteiger partial charge in [-0.3, -0.25) is 0 Å². The van der Waals surface area contributed by atoms with Gasteiger partial charge in [0.2, 0.25) is 0 Å². The number of benzene rings is 1. The van der Waals surface area contributed by atoms with Gasteiger partial charge in [0.25, 0.3) is 0 Å². The van der Waals surface area contributed by atoms with Gasteiger partial charge in [0.05, 0.1) is 8.07 Å². The van der Waals surface area contributed by atoms with Crippen molar-refractivity contribution in [1.82, 2.24) is 0 Å². The Morgan fingerprint density at radius 2 is 1.68 bits per heavy atom. The molecule has 1 aromatic carbocycles. The molecule has 19 heavy (non-hydrogen) atoms. The monoisotopic (exact) mass is 350 g/mol. The fourth-order valence-corrected chi connectivity index (χ4v) is 7.14. The zero-order chi connectivity index (χ0) is 14.3. The lowest BCUT2D eigenvalue weighted by atomic mass is 10.3. The molecule has 6 heteroatoms. The third kappa shape index (κ3) is 2.52. The Morgan fingerprint density at radius 3 is 2.21 bits per heavy atom. The van der Waals surface area contributed by atoms with E-state index in [1.54, 1.807) is 6.07 Å². The molecule has 0 saturated heterocycles. The Bertz CT molecular complexity index is 482. The summed E-state index contributed by atoms with van der Waals surface area (Å²) in [4.78, 5) is 0. The first-order chi connectivity index (χ1) is 8.87. The largest absolute Gasteiger partial charge is 0.586 e. The van der Waals surface area contributed by atoms with Gasteiger partial charge in [-0.05, 0) is 17.3 Å². The van der Waals surface area contributed by atoms with Gasteiger partial charge in [-0.25, -0.2) is 0 Å². The number of ether oxygens (including phenoxy) is 2. The average molecular weight is 351 g/mol. The molecule has 1 aliphatic rings. The van der Waals surface area contributed by atoms with Crippen molar-refractivity contribution in [2.75, 3.05) is 0 Å². The molecular weight excluding hydrogens is 334 g/mol. The first kappa shape index (κ1) is 14.8. The third-order valence-electron chi connectivity index (χ3n) is 4.07. The zero-order valence-electron chi connectivity index (χ0n) is 11.2. The minimum Gasteiger partial charge on any atom is -0.395 e. The lowest BCUT2D eigenvalue weighted by Gasteiger charge is -2.29. The Labute approximate surface area is 121 Å². The Balaban J connectivity index is 2.60. The standard InChI is InChI=1S/C13H17BrF2O2Si/c1-4-19(5-2,6-3)11-8-9(14)7-10-12(11)18-13(15,16)17-10/h7-8H,4-6H2,1-3H3. The zero-order valence-corrected chi connectivity index (χ0v) is 13.8. The molecule has 0 amide bonds. The van der Waals surface area contributed by atoms with Gasteiger partial charge in [-0.1, -0.05) is 54.8 Å². The molecule has 0 unspecified atom stereocenters. The topological polar surface area (TPSA) is 18.5 Å². The Hall–Kier alpha value is -0.623. The van der Waals surface area contributed by atoms with E-state index in [0.29, 0.717) is 0 Å². The van der Waals surface area contributed by atoms with E-state index in [9.17, 15) is 8.78 Å². The summed E-state index contributed by atoms with van der Waals surface area (Å²) >= 11 is 3.38. The van der Waals surface area contributed by atoms with Crippen molar-refractivity contribution in [2.45, 2.75) is 45.2 Å². The van der Waals surface area contributed by atoms with Gasteiger partial charge in [0, 0.05) is 4.47 Å². The molecule has 1 aromatic rings. The summed E-state index contributed by atoms with van der Waals surface area (Å²) in [6.45, 7) is 6.38. The van der Waals surface area contributed by atoms with E-state index in [-0.39, 0.29) is 11.5 Å². The number of halogens is 3. The highest BCUT2D eigenvalue weighted by atomic mass is 79.9. The number of rotatable bonds is 4. The van der Waals surface area contributed by atoms with Crippen LogP contribution in [0.15, 0.2) is 16.6 Å². The number of hydrogen-bond acceptors (Lipinski definition) is 2. The highest BCUT2D eigenvalue weighted by molar-refractivity contribution is 9.10. The summed E-state index contributed by atoms with van der Waals surface area (Å²) in [5, 5.41) is 0.932. The van der Waals surface area contributed by atoms with E-state index in [1.165, 1.54) is 0 Å². The van der Waals surface area contributed by atoms with Gasteiger partial charge in [0.1, 0.15) is 0 Å². The summed E-state index contributed by atoms with van der Waals surface area (Å²) in [6, 6.07) is 6.46. The molecule has 106 valence electrons. The van der Waals surface area contributed by atoms with Gasteiger partial charge in [-0.2, -0.15) is 0 Å². The molecule has 1 heterocycles. The van der Waals surface area contributed by atoms with Crippen LogP contribution in [0.1, 0.15) is 20.8 Å². The van der Waals surface area contributed by atoms with E-state index >= 15 is 0 Å². The Morgan fingerprint density at radius 1 is 1.11 bits per heavy atom. The second-order valence-corrected chi connectivity index (χ2v) is 10.9. The molecule has 2 rings (SSSR count). The smallest absolute Gasteiger partial charge is 0.395 e. The lowest BCUT2D eigenvalue weighted by molar-refractivity contribution is -0.286. The quantitative estimate of drug-likeness (QED) is 0.745. The first-order valence-electron chi connectivity index (χ1n) is 6.47. The van der Waals surface area contributed by atoms with Crippen LogP contribution in [-0.2, 0) is 0 Å². The highest BCUT2D eigenvalue weighted by Crippen LogP contribution is 2.43. The van der Waals surface area contributed by atoms with Gasteiger partial charge in [0.15, 0.2) is 11.5 Å². The van der Waals surface area contributed by atoms with Crippen LogP contribution in [0.2, 0.25) is 18.1 Å². The second-order valence-electron chi connectivity index (χ2n) is 4.79. The first-order valence-corrected chi connectivity index (χ1v) is 9.88. The van der Waals surface area contributed by atoms with Crippen LogP contribution < -0.4 is 14.7 Å². The molecule has 2 nitrogen and oxygen atoms in total. The van der Waals surface area contributed by atoms with Crippen molar-refractivity contribution in [1.29, 1.82) is 0 Å². The van der Waals surface area contributed by atoms with Crippen molar-refractivity contribution in [3.05, 3.63) is 16.6 Å². The molecule has 0 aliphatic carbocycles. The molecule has 0 aromatic heterocycles. The van der Waals surface area contributed by atoms with E-state index in [2.05, 4.69) is 41.4 Å². The van der Waals surface area contributed by atoms with E-state index < -0.39 is 14.4 Å². The Kier molecular flexibility index (Phi) is 3.93. The average Bonchev–Trinajstić information content (AvgIpc) is 2.66. The van der Waals surface area contributed by atoms with Crippen molar-refractivity contribution < 1.29 is 18.3 Å². The molecule has 0 saturated carbocycles. The van der Waals surface area contributed by atoms with Gasteiger partial charge >= 0.3 is 6.29 Å². The predicted octanol–water partition coefficient (Wildman–Crippen LogP) is 4.49. The summed E-state index contributed by atoms with van der Waals surface area (Å²) in [7, 11) is -1.81. The summed E-state index contributed by atoms with van der Waals surface area (Å²) in [5.41, 5.74) is 0. The molecule has 1 aliphatic heterocycles. The molecule has 0 N–H and O–H groups in total. The van der Waals surface area contributed by atoms with Gasteiger partial charge < -0.3 is 9.47 Å². The third-order valence-corrected chi connectivity index (χ3v) is 10.1. The van der Waals surface area contributed by atoms with Crippen molar-refractivity contribution in [3.8, 4) is 11.5 Å². The highest BCUT2D eigenvalue weighted by Gasteiger charge is 2.47. The van der Waals surface area contributed by atoms with Crippen LogP contribution in [-0.4, -0.2) is 14.4 Å². The van der Waals surface area contributed by atoms with Crippen molar-refractivity contribution in [2.24, 2.45) is 0 Å². The summed E-state index contributed by atoms with van der Waals surface area (Å²) < 4.78 is 36.7. The normalized spacial score (nSPS) is 16.7. The van der Waals surface area contributed by atoms with E-state index in [4.69, 9.17) is 4.74 Å². The number of alkyl halides is 2. The van der Waals surface area contributed by atoms with Crippen molar-refractivity contribution in [3.63, 3.8) is 0 Å². The maximum absolute atomic E-state index is 13.3. The minimum atomic E-state index is -3.55. The summed E-state index contributed by atoms with van der Waals surface area (Å²) in [5.74, 6) is 0.381. The van der Waals surface area contributed by atoms with Crippen molar-refractivity contribution >= 4 is 29.2 Å². The SMILES string of the molecule is CC[Si](CC)(CC)c1cc(Br)cc2c1OC(F)(F)O2. The van der Waals surface area contributed by atoms with Crippen LogP contribution in [0.25, 0.3) is 0 Å². The molecule has 0 radical (unpaired) electrons.